The first-order valence-corrected chi connectivity index (χ1v) is 8.56. The molecular formula is C20H20F2N2O2. The average molecular weight is 358 g/mol. The largest absolute Gasteiger partial charge is 0.339 e. The molecule has 136 valence electrons. The third-order valence-corrected chi connectivity index (χ3v) is 4.64. The lowest BCUT2D eigenvalue weighted by molar-refractivity contribution is -0.121. The summed E-state index contributed by atoms with van der Waals surface area (Å²) < 4.78 is 26.2. The first-order valence-electron chi connectivity index (χ1n) is 8.56. The second-order valence-corrected chi connectivity index (χ2v) is 6.55. The highest BCUT2D eigenvalue weighted by Gasteiger charge is 2.28. The molecule has 2 aromatic carbocycles. The predicted molar refractivity (Wildman–Crippen MR) is 94.8 cm³/mol. The number of aryl methyl sites for hydroxylation is 1. The number of carbonyl (C=O) groups excluding carboxylic acids is 2. The van der Waals surface area contributed by atoms with Crippen LogP contribution < -0.4 is 5.32 Å². The van der Waals surface area contributed by atoms with E-state index in [1.807, 2.05) is 19.1 Å². The molecule has 6 heteroatoms. The summed E-state index contributed by atoms with van der Waals surface area (Å²) in [6.07, 6.45) is 1.07. The number of benzene rings is 2. The van der Waals surface area contributed by atoms with Gasteiger partial charge in [0.2, 0.25) is 5.91 Å². The molecule has 1 fully saturated rings. The zero-order valence-corrected chi connectivity index (χ0v) is 14.5. The van der Waals surface area contributed by atoms with Crippen molar-refractivity contribution in [3.63, 3.8) is 0 Å². The van der Waals surface area contributed by atoms with Crippen LogP contribution in [0.5, 0.6) is 0 Å². The van der Waals surface area contributed by atoms with Crippen LogP contribution in [0, 0.1) is 24.5 Å². The number of nitrogens with zero attached hydrogens (tertiary/aromatic N) is 1. The second-order valence-electron chi connectivity index (χ2n) is 6.55. The lowest BCUT2D eigenvalue weighted by atomic mass is 9.95. The number of likely N-dealkylation sites (tertiary alicyclic amines) is 1. The molecule has 1 N–H and O–H groups in total. The molecule has 1 saturated heterocycles. The van der Waals surface area contributed by atoms with Crippen molar-refractivity contribution in [1.29, 1.82) is 0 Å². The van der Waals surface area contributed by atoms with Crippen molar-refractivity contribution in [3.05, 3.63) is 65.2 Å². The highest BCUT2D eigenvalue weighted by Crippen LogP contribution is 2.22. The predicted octanol–water partition coefficient (Wildman–Crippen LogP) is 3.76. The molecule has 0 bridgehead atoms. The van der Waals surface area contributed by atoms with Crippen molar-refractivity contribution in [2.24, 2.45) is 5.92 Å². The molecule has 26 heavy (non-hydrogen) atoms. The van der Waals surface area contributed by atoms with E-state index in [0.717, 1.165) is 17.7 Å². The summed E-state index contributed by atoms with van der Waals surface area (Å²) in [5.74, 6) is -2.49. The fraction of sp³-hybridized carbons (Fsp3) is 0.300. The summed E-state index contributed by atoms with van der Waals surface area (Å²) >= 11 is 0. The van der Waals surface area contributed by atoms with E-state index in [0.29, 0.717) is 31.5 Å². The molecule has 1 aliphatic rings. The Bertz CT molecular complexity index is 813. The summed E-state index contributed by atoms with van der Waals surface area (Å²) in [5, 5.41) is 2.61. The Morgan fingerprint density at radius 2 is 1.65 bits per heavy atom. The summed E-state index contributed by atoms with van der Waals surface area (Å²) in [5.41, 5.74) is 1.96. The average Bonchev–Trinajstić information content (AvgIpc) is 2.65. The summed E-state index contributed by atoms with van der Waals surface area (Å²) in [7, 11) is 0. The van der Waals surface area contributed by atoms with Crippen LogP contribution in [0.1, 0.15) is 28.8 Å². The molecule has 0 aliphatic carbocycles. The number of piperidine rings is 1. The lowest BCUT2D eigenvalue weighted by Gasteiger charge is -2.31. The van der Waals surface area contributed by atoms with Gasteiger partial charge in [-0.05, 0) is 44.0 Å². The van der Waals surface area contributed by atoms with E-state index >= 15 is 0 Å². The molecule has 0 atom stereocenters. The monoisotopic (exact) mass is 358 g/mol. The van der Waals surface area contributed by atoms with Gasteiger partial charge in [-0.1, -0.05) is 17.7 Å². The van der Waals surface area contributed by atoms with E-state index in [1.165, 1.54) is 6.07 Å². The molecule has 4 nitrogen and oxygen atoms in total. The van der Waals surface area contributed by atoms with E-state index in [-0.39, 0.29) is 23.4 Å². The minimum atomic E-state index is -0.999. The maximum Gasteiger partial charge on any atom is 0.253 e. The van der Waals surface area contributed by atoms with Gasteiger partial charge in [0.05, 0.1) is 0 Å². The number of carbonyl (C=O) groups is 2. The normalized spacial score (nSPS) is 15.0. The van der Waals surface area contributed by atoms with Crippen molar-refractivity contribution in [3.8, 4) is 0 Å². The third-order valence-electron chi connectivity index (χ3n) is 4.64. The van der Waals surface area contributed by atoms with Crippen LogP contribution in [0.15, 0.2) is 42.5 Å². The minimum Gasteiger partial charge on any atom is -0.339 e. The SMILES string of the molecule is Cc1ccc(C(=O)N2CCC(C(=O)Nc3ccc(F)c(F)c3)CC2)cc1. The topological polar surface area (TPSA) is 49.4 Å². The maximum atomic E-state index is 13.2. The number of rotatable bonds is 3. The molecule has 1 aliphatic heterocycles. The Kier molecular flexibility index (Phi) is 5.30. The molecule has 0 radical (unpaired) electrons. The fourth-order valence-corrected chi connectivity index (χ4v) is 3.04. The van der Waals surface area contributed by atoms with E-state index in [4.69, 9.17) is 0 Å². The van der Waals surface area contributed by atoms with Gasteiger partial charge in [-0.25, -0.2) is 8.78 Å². The highest BCUT2D eigenvalue weighted by molar-refractivity contribution is 5.95. The van der Waals surface area contributed by atoms with Crippen molar-refractivity contribution < 1.29 is 18.4 Å². The van der Waals surface area contributed by atoms with Gasteiger partial charge in [-0.2, -0.15) is 0 Å². The van der Waals surface area contributed by atoms with Gasteiger partial charge in [-0.3, -0.25) is 9.59 Å². The summed E-state index contributed by atoms with van der Waals surface area (Å²) in [4.78, 5) is 26.6. The standard InChI is InChI=1S/C20H20F2N2O2/c1-13-2-4-15(5-3-13)20(26)24-10-8-14(9-11-24)19(25)23-16-6-7-17(21)18(22)12-16/h2-7,12,14H,8-11H2,1H3,(H,23,25). The van der Waals surface area contributed by atoms with Gasteiger partial charge < -0.3 is 10.2 Å². The molecule has 0 aromatic heterocycles. The molecule has 3 rings (SSSR count). The van der Waals surface area contributed by atoms with Gasteiger partial charge >= 0.3 is 0 Å². The zero-order chi connectivity index (χ0) is 18.7. The van der Waals surface area contributed by atoms with Crippen LogP contribution in [-0.4, -0.2) is 29.8 Å². The number of hydrogen-bond donors (Lipinski definition) is 1. The fourth-order valence-electron chi connectivity index (χ4n) is 3.04. The summed E-state index contributed by atoms with van der Waals surface area (Å²) in [6, 6.07) is 10.7. The zero-order valence-electron chi connectivity index (χ0n) is 14.5. The third kappa shape index (κ3) is 4.07. The van der Waals surface area contributed by atoms with Gasteiger partial charge in [-0.15, -0.1) is 0 Å². The van der Waals surface area contributed by atoms with Gasteiger partial charge in [0.25, 0.3) is 5.91 Å². The van der Waals surface area contributed by atoms with Gasteiger partial charge in [0, 0.05) is 36.3 Å². The van der Waals surface area contributed by atoms with Gasteiger partial charge in [0.1, 0.15) is 0 Å². The van der Waals surface area contributed by atoms with Crippen molar-refractivity contribution >= 4 is 17.5 Å². The Balaban J connectivity index is 1.55. The number of halogens is 2. The summed E-state index contributed by atoms with van der Waals surface area (Å²) in [6.45, 7) is 2.94. The first-order chi connectivity index (χ1) is 12.4. The molecule has 2 aromatic rings. The van der Waals surface area contributed by atoms with E-state index in [9.17, 15) is 18.4 Å². The molecule has 0 saturated carbocycles. The number of hydrogen-bond acceptors (Lipinski definition) is 2. The molecule has 0 unspecified atom stereocenters. The second kappa shape index (κ2) is 7.64. The van der Waals surface area contributed by atoms with E-state index in [1.54, 1.807) is 17.0 Å². The molecule has 2 amide bonds. The molecular weight excluding hydrogens is 338 g/mol. The Labute approximate surface area is 150 Å². The number of anilines is 1. The number of amides is 2. The van der Waals surface area contributed by atoms with Crippen LogP contribution >= 0.6 is 0 Å². The van der Waals surface area contributed by atoms with Crippen LogP contribution in [0.3, 0.4) is 0 Å². The van der Waals surface area contributed by atoms with E-state index < -0.39 is 11.6 Å². The van der Waals surface area contributed by atoms with Crippen molar-refractivity contribution in [2.75, 3.05) is 18.4 Å². The maximum absolute atomic E-state index is 13.2. The van der Waals surface area contributed by atoms with Crippen molar-refractivity contribution in [2.45, 2.75) is 19.8 Å². The minimum absolute atomic E-state index is 0.0375. The lowest BCUT2D eigenvalue weighted by Crippen LogP contribution is -2.41. The Morgan fingerprint density at radius 1 is 1.00 bits per heavy atom. The van der Waals surface area contributed by atoms with Gasteiger partial charge in [0.15, 0.2) is 11.6 Å². The van der Waals surface area contributed by atoms with Crippen LogP contribution in [0.4, 0.5) is 14.5 Å². The molecule has 1 heterocycles. The van der Waals surface area contributed by atoms with Crippen LogP contribution in [0.25, 0.3) is 0 Å². The van der Waals surface area contributed by atoms with Crippen LogP contribution in [0.2, 0.25) is 0 Å². The smallest absolute Gasteiger partial charge is 0.253 e. The van der Waals surface area contributed by atoms with E-state index in [2.05, 4.69) is 5.32 Å². The number of nitrogens with one attached hydrogen (secondary N) is 1. The Hall–Kier alpha value is -2.76. The Morgan fingerprint density at radius 3 is 2.27 bits per heavy atom. The first kappa shape index (κ1) is 18.0. The molecule has 0 spiro atoms. The van der Waals surface area contributed by atoms with Crippen molar-refractivity contribution in [1.82, 2.24) is 4.90 Å². The highest BCUT2D eigenvalue weighted by atomic mass is 19.2. The quantitative estimate of drug-likeness (QED) is 0.908. The van der Waals surface area contributed by atoms with Crippen LogP contribution in [-0.2, 0) is 4.79 Å².